The lowest BCUT2D eigenvalue weighted by Gasteiger charge is -2.40. The molecule has 0 atom stereocenters. The van der Waals surface area contributed by atoms with Gasteiger partial charge in [0.05, 0.1) is 38.9 Å². The minimum absolute atomic E-state index is 0.563. The summed E-state index contributed by atoms with van der Waals surface area (Å²) in [5.41, 5.74) is 25.8. The number of nitrogens with zero attached hydrogens (tertiary/aromatic N) is 2. The molecule has 76 heavy (non-hydrogen) atoms. The van der Waals surface area contributed by atoms with Gasteiger partial charge in [-0.3, -0.25) is 0 Å². The molecule has 1 aliphatic heterocycles. The Bertz CT molecular complexity index is 4370. The minimum Gasteiger partial charge on any atom is -0.309 e. The molecule has 12 aromatic carbocycles. The van der Waals surface area contributed by atoms with Crippen LogP contribution in [0.2, 0.25) is 0 Å². The molecule has 0 saturated carbocycles. The van der Waals surface area contributed by atoms with Gasteiger partial charge in [0.25, 0.3) is 0 Å². The summed E-state index contributed by atoms with van der Waals surface area (Å²) in [6, 6.07) is 109. The van der Waals surface area contributed by atoms with E-state index in [1.165, 1.54) is 105 Å². The van der Waals surface area contributed by atoms with Crippen molar-refractivity contribution in [3.63, 3.8) is 0 Å². The van der Waals surface area contributed by atoms with Crippen molar-refractivity contribution in [3.8, 4) is 50.2 Å². The quantitative estimate of drug-likeness (QED) is 0.155. The lowest BCUT2D eigenvalue weighted by molar-refractivity contribution is 0.748. The smallest absolute Gasteiger partial charge is 0.0754 e. The van der Waals surface area contributed by atoms with Gasteiger partial charge < -0.3 is 9.47 Å². The first-order valence-corrected chi connectivity index (χ1v) is 26.5. The number of hydrogen-bond donors (Lipinski definition) is 0. The van der Waals surface area contributed by atoms with Crippen LogP contribution >= 0.6 is 0 Å². The Labute approximate surface area is 442 Å². The maximum atomic E-state index is 2.58. The highest BCUT2D eigenvalue weighted by Crippen LogP contribution is 2.63. The van der Waals surface area contributed by atoms with Gasteiger partial charge in [-0.25, -0.2) is 0 Å². The van der Waals surface area contributed by atoms with Gasteiger partial charge in [0.15, 0.2) is 0 Å². The maximum absolute atomic E-state index is 2.58. The number of para-hydroxylation sites is 3. The summed E-state index contributed by atoms with van der Waals surface area (Å²) in [7, 11) is 0. The zero-order valence-corrected chi connectivity index (χ0v) is 41.6. The van der Waals surface area contributed by atoms with Crippen LogP contribution in [-0.2, 0) is 10.8 Å². The predicted molar refractivity (Wildman–Crippen MR) is 315 cm³/mol. The van der Waals surface area contributed by atoms with Crippen molar-refractivity contribution < 1.29 is 0 Å². The highest BCUT2D eigenvalue weighted by atomic mass is 15.2. The van der Waals surface area contributed by atoms with Crippen molar-refractivity contribution in [2.45, 2.75) is 10.8 Å². The summed E-state index contributed by atoms with van der Waals surface area (Å²) >= 11 is 0. The van der Waals surface area contributed by atoms with Gasteiger partial charge in [0.1, 0.15) is 0 Å². The summed E-state index contributed by atoms with van der Waals surface area (Å²) in [5.74, 6) is 0. The Morgan fingerprint density at radius 1 is 0.289 bits per heavy atom. The van der Waals surface area contributed by atoms with E-state index in [9.17, 15) is 0 Å². The van der Waals surface area contributed by atoms with Crippen LogP contribution in [0.3, 0.4) is 0 Å². The molecule has 2 heteroatoms. The van der Waals surface area contributed by atoms with E-state index in [-0.39, 0.29) is 0 Å². The summed E-state index contributed by atoms with van der Waals surface area (Å²) in [5, 5.41) is 2.52. The van der Waals surface area contributed by atoms with Gasteiger partial charge >= 0.3 is 0 Å². The number of hydrogen-bond acceptors (Lipinski definition) is 1. The fraction of sp³-hybridized carbons (Fsp3) is 0.0270. The first-order chi connectivity index (χ1) is 37.7. The van der Waals surface area contributed by atoms with Crippen LogP contribution < -0.4 is 4.90 Å². The Morgan fingerprint density at radius 2 is 0.776 bits per heavy atom. The number of aromatic nitrogens is 1. The topological polar surface area (TPSA) is 8.17 Å². The molecule has 0 unspecified atom stereocenters. The van der Waals surface area contributed by atoms with E-state index in [2.05, 4.69) is 301 Å². The fourth-order valence-corrected chi connectivity index (χ4v) is 14.1. The summed E-state index contributed by atoms with van der Waals surface area (Å²) in [4.78, 5) is 2.58. The second-order valence-corrected chi connectivity index (χ2v) is 20.6. The molecule has 13 aromatic rings. The molecule has 354 valence electrons. The molecule has 0 amide bonds. The Hall–Kier alpha value is -9.76. The van der Waals surface area contributed by atoms with Gasteiger partial charge in [0.2, 0.25) is 0 Å². The molecule has 1 spiro atoms. The van der Waals surface area contributed by atoms with E-state index in [1.54, 1.807) is 0 Å². The van der Waals surface area contributed by atoms with Crippen LogP contribution in [0.4, 0.5) is 17.1 Å². The number of anilines is 3. The maximum Gasteiger partial charge on any atom is 0.0754 e. The number of fused-ring (bicyclic) bond motifs is 15. The van der Waals surface area contributed by atoms with E-state index < -0.39 is 10.8 Å². The van der Waals surface area contributed by atoms with Crippen molar-refractivity contribution in [2.75, 3.05) is 4.90 Å². The second kappa shape index (κ2) is 16.4. The van der Waals surface area contributed by atoms with E-state index in [0.29, 0.717) is 0 Å². The molecule has 1 aromatic heterocycles. The van der Waals surface area contributed by atoms with Crippen LogP contribution in [-0.4, -0.2) is 4.57 Å². The zero-order valence-electron chi connectivity index (χ0n) is 41.6. The molecule has 0 fully saturated rings. The average Bonchev–Trinajstić information content (AvgIpc) is 4.04. The molecule has 0 radical (unpaired) electrons. The van der Waals surface area contributed by atoms with Crippen molar-refractivity contribution in [2.24, 2.45) is 0 Å². The van der Waals surface area contributed by atoms with Crippen LogP contribution in [0.1, 0.15) is 44.5 Å². The molecule has 0 bridgehead atoms. The van der Waals surface area contributed by atoms with Gasteiger partial charge in [-0.15, -0.1) is 0 Å². The van der Waals surface area contributed by atoms with E-state index in [0.717, 1.165) is 28.2 Å². The first kappa shape index (κ1) is 42.7. The van der Waals surface area contributed by atoms with E-state index in [1.807, 2.05) is 0 Å². The second-order valence-electron chi connectivity index (χ2n) is 20.6. The highest BCUT2D eigenvalue weighted by molar-refractivity contribution is 6.13. The van der Waals surface area contributed by atoms with Gasteiger partial charge in [-0.05, 0) is 108 Å². The Balaban J connectivity index is 1.02. The molecule has 2 heterocycles. The highest BCUT2D eigenvalue weighted by Gasteiger charge is 2.51. The van der Waals surface area contributed by atoms with Crippen molar-refractivity contribution in [1.82, 2.24) is 4.57 Å². The van der Waals surface area contributed by atoms with Crippen LogP contribution in [0.25, 0.3) is 72.0 Å². The SMILES string of the molecule is c1ccc(-c2ccc(-c3ccccc3N(c3ccc4c(c3)-n3c5ccccc5c5cccc(c53)C43c4ccccc4-c4ccccc43)c3cccc4c3-c3ccccc3C4(c3ccccc3)c3ccccc3)cc2)cc1. The lowest BCUT2D eigenvalue weighted by Crippen LogP contribution is -2.33. The van der Waals surface area contributed by atoms with Crippen LogP contribution in [0, 0.1) is 0 Å². The molecule has 2 aliphatic carbocycles. The minimum atomic E-state index is -0.576. The molecular formula is C74H48N2. The van der Waals surface area contributed by atoms with Crippen LogP contribution in [0.15, 0.2) is 291 Å². The van der Waals surface area contributed by atoms with E-state index in [4.69, 9.17) is 0 Å². The van der Waals surface area contributed by atoms with Crippen molar-refractivity contribution in [1.29, 1.82) is 0 Å². The summed E-state index contributed by atoms with van der Waals surface area (Å²) < 4.78 is 2.58. The summed E-state index contributed by atoms with van der Waals surface area (Å²) in [6.45, 7) is 0. The third kappa shape index (κ3) is 5.70. The first-order valence-electron chi connectivity index (χ1n) is 26.5. The molecule has 0 saturated heterocycles. The van der Waals surface area contributed by atoms with Crippen molar-refractivity contribution >= 4 is 38.9 Å². The third-order valence-corrected chi connectivity index (χ3v) is 17.1. The lowest BCUT2D eigenvalue weighted by atomic mass is 9.65. The Kier molecular flexibility index (Phi) is 9.20. The summed E-state index contributed by atoms with van der Waals surface area (Å²) in [6.07, 6.45) is 0. The average molecular weight is 965 g/mol. The van der Waals surface area contributed by atoms with E-state index >= 15 is 0 Å². The van der Waals surface area contributed by atoms with Gasteiger partial charge in [-0.2, -0.15) is 0 Å². The predicted octanol–water partition coefficient (Wildman–Crippen LogP) is 18.6. The normalized spacial score (nSPS) is 13.7. The number of rotatable bonds is 7. The van der Waals surface area contributed by atoms with Gasteiger partial charge in [0, 0.05) is 27.6 Å². The molecule has 3 aliphatic rings. The number of benzene rings is 12. The Morgan fingerprint density at radius 3 is 1.47 bits per heavy atom. The molecule has 0 N–H and O–H groups in total. The van der Waals surface area contributed by atoms with Gasteiger partial charge in [-0.1, -0.05) is 261 Å². The zero-order chi connectivity index (χ0) is 50.0. The standard InChI is InChI=1S/C74H48N2/c1-4-22-49(23-5-1)50-42-44-51(45-43-50)55-28-13-18-39-67(55)75(69-41-21-37-65-71(69)60-32-12-17-36-63(60)73(65,52-24-6-2-7-25-52)53-26-8-3-9-27-53)54-46-47-64-70(48-54)76-68-40-19-14-31-58(68)59-33-20-38-66(72(59)76)74(64)61-34-15-10-29-56(61)57-30-11-16-35-62(57)74/h1-48H. The van der Waals surface area contributed by atoms with Crippen LogP contribution in [0.5, 0.6) is 0 Å². The fourth-order valence-electron chi connectivity index (χ4n) is 14.1. The molecule has 16 rings (SSSR count). The van der Waals surface area contributed by atoms with Crippen molar-refractivity contribution in [3.05, 3.63) is 336 Å². The largest absolute Gasteiger partial charge is 0.309 e. The monoisotopic (exact) mass is 964 g/mol. The molecule has 2 nitrogen and oxygen atoms in total. The third-order valence-electron chi connectivity index (χ3n) is 17.1. The molecular weight excluding hydrogens is 917 g/mol.